The standard InChI is InChI=1S/C15H24O4/c1-8(2)10-5-12(18-14(16)6-10)13-7-11(9(3)4)15(17)19-13/h8-13H,5-7H2,1-4H3. The fraction of sp³-hybridized carbons (Fsp3) is 0.867. The second kappa shape index (κ2) is 5.51. The van der Waals surface area contributed by atoms with E-state index in [1.54, 1.807) is 0 Å². The maximum Gasteiger partial charge on any atom is 0.309 e. The van der Waals surface area contributed by atoms with Crippen molar-refractivity contribution in [1.82, 2.24) is 0 Å². The van der Waals surface area contributed by atoms with Crippen LogP contribution in [0.1, 0.15) is 47.0 Å². The molecule has 0 spiro atoms. The van der Waals surface area contributed by atoms with Gasteiger partial charge in [-0.1, -0.05) is 27.7 Å². The van der Waals surface area contributed by atoms with E-state index in [0.29, 0.717) is 24.7 Å². The summed E-state index contributed by atoms with van der Waals surface area (Å²) < 4.78 is 10.8. The smallest absolute Gasteiger partial charge is 0.309 e. The molecule has 4 heteroatoms. The van der Waals surface area contributed by atoms with E-state index >= 15 is 0 Å². The predicted octanol–water partition coefficient (Wildman–Crippen LogP) is 2.55. The summed E-state index contributed by atoms with van der Waals surface area (Å²) in [6, 6.07) is 0. The first-order valence-electron chi connectivity index (χ1n) is 7.28. The molecule has 2 heterocycles. The molecule has 0 amide bonds. The van der Waals surface area contributed by atoms with Crippen molar-refractivity contribution in [2.45, 2.75) is 59.2 Å². The highest BCUT2D eigenvalue weighted by atomic mass is 16.6. The highest BCUT2D eigenvalue weighted by molar-refractivity contribution is 5.75. The third-order valence-corrected chi connectivity index (χ3v) is 4.47. The monoisotopic (exact) mass is 268 g/mol. The van der Waals surface area contributed by atoms with Crippen molar-refractivity contribution in [3.8, 4) is 0 Å². The topological polar surface area (TPSA) is 52.6 Å². The normalized spacial score (nSPS) is 35.7. The van der Waals surface area contributed by atoms with Crippen molar-refractivity contribution >= 4 is 11.9 Å². The zero-order valence-electron chi connectivity index (χ0n) is 12.2. The summed E-state index contributed by atoms with van der Waals surface area (Å²) >= 11 is 0. The minimum atomic E-state index is -0.249. The SMILES string of the molecule is CC(C)C1CC(=O)OC(C2CC(C(C)C)C(=O)O2)C1. The van der Waals surface area contributed by atoms with Crippen LogP contribution in [0.15, 0.2) is 0 Å². The highest BCUT2D eigenvalue weighted by Gasteiger charge is 2.44. The van der Waals surface area contributed by atoms with Crippen molar-refractivity contribution in [2.24, 2.45) is 23.7 Å². The lowest BCUT2D eigenvalue weighted by molar-refractivity contribution is -0.171. The molecule has 0 N–H and O–H groups in total. The van der Waals surface area contributed by atoms with Gasteiger partial charge in [0.25, 0.3) is 0 Å². The molecule has 0 aromatic carbocycles. The van der Waals surface area contributed by atoms with Crippen LogP contribution in [0.4, 0.5) is 0 Å². The number of carbonyl (C=O) groups is 2. The van der Waals surface area contributed by atoms with Crippen LogP contribution < -0.4 is 0 Å². The summed E-state index contributed by atoms with van der Waals surface area (Å²) in [5.74, 6) is 0.721. The van der Waals surface area contributed by atoms with Crippen molar-refractivity contribution in [2.75, 3.05) is 0 Å². The average molecular weight is 268 g/mol. The van der Waals surface area contributed by atoms with Gasteiger partial charge < -0.3 is 9.47 Å². The molecule has 2 saturated heterocycles. The van der Waals surface area contributed by atoms with Gasteiger partial charge in [-0.15, -0.1) is 0 Å². The number of ether oxygens (including phenoxy) is 2. The third kappa shape index (κ3) is 3.10. The summed E-state index contributed by atoms with van der Waals surface area (Å²) in [6.07, 6.45) is 1.49. The van der Waals surface area contributed by atoms with Crippen LogP contribution in [-0.2, 0) is 19.1 Å². The van der Waals surface area contributed by atoms with Crippen LogP contribution in [-0.4, -0.2) is 24.1 Å². The highest BCUT2D eigenvalue weighted by Crippen LogP contribution is 2.36. The van der Waals surface area contributed by atoms with E-state index in [1.165, 1.54) is 0 Å². The van der Waals surface area contributed by atoms with E-state index in [2.05, 4.69) is 13.8 Å². The fourth-order valence-electron chi connectivity index (χ4n) is 3.00. The number of cyclic esters (lactones) is 2. The van der Waals surface area contributed by atoms with Gasteiger partial charge in [-0.25, -0.2) is 0 Å². The van der Waals surface area contributed by atoms with Crippen LogP contribution in [0.5, 0.6) is 0 Å². The summed E-state index contributed by atoms with van der Waals surface area (Å²) in [6.45, 7) is 8.30. The zero-order chi connectivity index (χ0) is 14.2. The lowest BCUT2D eigenvalue weighted by Gasteiger charge is -2.33. The molecule has 4 atom stereocenters. The minimum Gasteiger partial charge on any atom is -0.458 e. The number of carbonyl (C=O) groups excluding carboxylic acids is 2. The Morgan fingerprint density at radius 2 is 1.58 bits per heavy atom. The minimum absolute atomic E-state index is 0.0527. The molecule has 2 fully saturated rings. The Hall–Kier alpha value is -1.06. The molecular formula is C15H24O4. The largest absolute Gasteiger partial charge is 0.458 e. The molecule has 0 radical (unpaired) electrons. The van der Waals surface area contributed by atoms with E-state index in [9.17, 15) is 9.59 Å². The molecule has 108 valence electrons. The van der Waals surface area contributed by atoms with E-state index in [-0.39, 0.29) is 36.0 Å². The van der Waals surface area contributed by atoms with E-state index in [4.69, 9.17) is 9.47 Å². The molecule has 2 aliphatic heterocycles. The molecule has 19 heavy (non-hydrogen) atoms. The molecule has 0 aliphatic carbocycles. The van der Waals surface area contributed by atoms with Gasteiger partial charge >= 0.3 is 11.9 Å². The molecule has 4 unspecified atom stereocenters. The Morgan fingerprint density at radius 1 is 0.947 bits per heavy atom. The second-order valence-corrected chi connectivity index (χ2v) is 6.53. The molecule has 0 saturated carbocycles. The number of hydrogen-bond acceptors (Lipinski definition) is 4. The Kier molecular flexibility index (Phi) is 4.16. The van der Waals surface area contributed by atoms with Crippen LogP contribution >= 0.6 is 0 Å². The van der Waals surface area contributed by atoms with Crippen LogP contribution in [0, 0.1) is 23.7 Å². The first kappa shape index (κ1) is 14.4. The fourth-order valence-corrected chi connectivity index (χ4v) is 3.00. The van der Waals surface area contributed by atoms with Gasteiger partial charge in [0.05, 0.1) is 5.92 Å². The summed E-state index contributed by atoms with van der Waals surface area (Å²) in [4.78, 5) is 23.5. The quantitative estimate of drug-likeness (QED) is 0.738. The molecule has 2 aliphatic rings. The summed E-state index contributed by atoms with van der Waals surface area (Å²) in [7, 11) is 0. The first-order valence-corrected chi connectivity index (χ1v) is 7.28. The van der Waals surface area contributed by atoms with Crippen LogP contribution in [0.2, 0.25) is 0 Å². The lowest BCUT2D eigenvalue weighted by Crippen LogP contribution is -2.39. The first-order chi connectivity index (χ1) is 8.88. The Labute approximate surface area is 114 Å². The lowest BCUT2D eigenvalue weighted by atomic mass is 9.82. The molecule has 2 rings (SSSR count). The predicted molar refractivity (Wildman–Crippen MR) is 70.3 cm³/mol. The van der Waals surface area contributed by atoms with Gasteiger partial charge in [-0.2, -0.15) is 0 Å². The maximum atomic E-state index is 11.8. The summed E-state index contributed by atoms with van der Waals surface area (Å²) in [5.41, 5.74) is 0. The Bertz CT molecular complexity index is 361. The molecule has 0 aromatic heterocycles. The maximum absolute atomic E-state index is 11.8. The number of hydrogen-bond donors (Lipinski definition) is 0. The second-order valence-electron chi connectivity index (χ2n) is 6.53. The molecule has 4 nitrogen and oxygen atoms in total. The van der Waals surface area contributed by atoms with Crippen LogP contribution in [0.3, 0.4) is 0 Å². The van der Waals surface area contributed by atoms with E-state index < -0.39 is 0 Å². The number of rotatable bonds is 3. The Balaban J connectivity index is 2.02. The van der Waals surface area contributed by atoms with Crippen molar-refractivity contribution in [1.29, 1.82) is 0 Å². The number of esters is 2. The molecule has 0 aromatic rings. The van der Waals surface area contributed by atoms with Crippen molar-refractivity contribution in [3.63, 3.8) is 0 Å². The summed E-state index contributed by atoms with van der Waals surface area (Å²) in [5, 5.41) is 0. The average Bonchev–Trinajstić information content (AvgIpc) is 2.70. The van der Waals surface area contributed by atoms with Gasteiger partial charge in [0, 0.05) is 12.8 Å². The van der Waals surface area contributed by atoms with E-state index in [0.717, 1.165) is 6.42 Å². The Morgan fingerprint density at radius 3 is 2.11 bits per heavy atom. The zero-order valence-corrected chi connectivity index (χ0v) is 12.2. The van der Waals surface area contributed by atoms with Gasteiger partial charge in [0.1, 0.15) is 12.2 Å². The molecule has 0 bridgehead atoms. The van der Waals surface area contributed by atoms with Gasteiger partial charge in [0.2, 0.25) is 0 Å². The van der Waals surface area contributed by atoms with Crippen molar-refractivity contribution in [3.05, 3.63) is 0 Å². The van der Waals surface area contributed by atoms with E-state index in [1.807, 2.05) is 13.8 Å². The van der Waals surface area contributed by atoms with Gasteiger partial charge in [0.15, 0.2) is 0 Å². The van der Waals surface area contributed by atoms with Gasteiger partial charge in [-0.05, 0) is 24.2 Å². The van der Waals surface area contributed by atoms with Crippen LogP contribution in [0.25, 0.3) is 0 Å². The van der Waals surface area contributed by atoms with Gasteiger partial charge in [-0.3, -0.25) is 9.59 Å². The third-order valence-electron chi connectivity index (χ3n) is 4.47. The van der Waals surface area contributed by atoms with Crippen molar-refractivity contribution < 1.29 is 19.1 Å². The molecular weight excluding hydrogens is 244 g/mol.